The van der Waals surface area contributed by atoms with Crippen LogP contribution in [0.3, 0.4) is 0 Å². The first-order chi connectivity index (χ1) is 14.1. The second-order valence-electron chi connectivity index (χ2n) is 7.73. The number of hydrogen-bond donors (Lipinski definition) is 2. The summed E-state index contributed by atoms with van der Waals surface area (Å²) in [5.74, 6) is 2.33. The molecule has 0 aliphatic carbocycles. The smallest absolute Gasteiger partial charge is 0.191 e. The van der Waals surface area contributed by atoms with Gasteiger partial charge in [0.1, 0.15) is 5.75 Å². The lowest BCUT2D eigenvalue weighted by Gasteiger charge is -2.17. The molecule has 2 unspecified atom stereocenters. The van der Waals surface area contributed by atoms with Gasteiger partial charge in [-0.2, -0.15) is 0 Å². The van der Waals surface area contributed by atoms with E-state index in [4.69, 9.17) is 19.2 Å². The number of hydrogen-bond acceptors (Lipinski definition) is 4. The van der Waals surface area contributed by atoms with Gasteiger partial charge in [-0.1, -0.05) is 19.1 Å². The third kappa shape index (κ3) is 9.05. The third-order valence-corrected chi connectivity index (χ3v) is 5.01. The van der Waals surface area contributed by atoms with Gasteiger partial charge in [-0.05, 0) is 51.7 Å². The predicted molar refractivity (Wildman–Crippen MR) is 119 cm³/mol. The van der Waals surface area contributed by atoms with Gasteiger partial charge < -0.3 is 24.8 Å². The Hall–Kier alpha value is -1.79. The fourth-order valence-electron chi connectivity index (χ4n) is 3.05. The molecule has 2 N–H and O–H groups in total. The fraction of sp³-hybridized carbons (Fsp3) is 0.696. The van der Waals surface area contributed by atoms with Crippen molar-refractivity contribution in [2.24, 2.45) is 10.9 Å². The SMILES string of the molecule is CCNC(=NCc1ccc(C)cc1OC(C)CC)NCCCOCC1CCOC1. The van der Waals surface area contributed by atoms with Gasteiger partial charge in [-0.15, -0.1) is 0 Å². The van der Waals surface area contributed by atoms with Crippen LogP contribution in [0, 0.1) is 12.8 Å². The second kappa shape index (κ2) is 13.4. The Morgan fingerprint density at radius 3 is 2.90 bits per heavy atom. The summed E-state index contributed by atoms with van der Waals surface area (Å²) in [4.78, 5) is 4.75. The average Bonchev–Trinajstić information content (AvgIpc) is 3.23. The largest absolute Gasteiger partial charge is 0.490 e. The molecule has 6 nitrogen and oxygen atoms in total. The molecular formula is C23H39N3O3. The Balaban J connectivity index is 1.80. The van der Waals surface area contributed by atoms with E-state index in [0.29, 0.717) is 12.5 Å². The van der Waals surface area contributed by atoms with Crippen LogP contribution in [-0.2, 0) is 16.0 Å². The predicted octanol–water partition coefficient (Wildman–Crippen LogP) is 3.67. The Morgan fingerprint density at radius 1 is 1.31 bits per heavy atom. The molecule has 0 radical (unpaired) electrons. The van der Waals surface area contributed by atoms with E-state index in [1.54, 1.807) is 0 Å². The highest BCUT2D eigenvalue weighted by Crippen LogP contribution is 2.23. The van der Waals surface area contributed by atoms with Gasteiger partial charge in [0.05, 0.1) is 25.9 Å². The summed E-state index contributed by atoms with van der Waals surface area (Å²) in [6.45, 7) is 13.9. The van der Waals surface area contributed by atoms with Crippen LogP contribution in [0.1, 0.15) is 51.2 Å². The van der Waals surface area contributed by atoms with Crippen molar-refractivity contribution in [3.8, 4) is 5.75 Å². The molecule has 1 saturated heterocycles. The van der Waals surface area contributed by atoms with Crippen LogP contribution in [0.2, 0.25) is 0 Å². The summed E-state index contributed by atoms with van der Waals surface area (Å²) >= 11 is 0. The minimum absolute atomic E-state index is 0.196. The van der Waals surface area contributed by atoms with Crippen LogP contribution < -0.4 is 15.4 Å². The van der Waals surface area contributed by atoms with E-state index in [2.05, 4.69) is 56.5 Å². The highest BCUT2D eigenvalue weighted by atomic mass is 16.5. The molecule has 1 aromatic rings. The second-order valence-corrected chi connectivity index (χ2v) is 7.73. The maximum atomic E-state index is 6.10. The topological polar surface area (TPSA) is 64.1 Å². The molecule has 0 spiro atoms. The third-order valence-electron chi connectivity index (χ3n) is 5.01. The van der Waals surface area contributed by atoms with Gasteiger partial charge in [-0.3, -0.25) is 0 Å². The van der Waals surface area contributed by atoms with E-state index >= 15 is 0 Å². The number of nitrogens with one attached hydrogen (secondary N) is 2. The summed E-state index contributed by atoms with van der Waals surface area (Å²) < 4.78 is 17.2. The molecule has 2 rings (SSSR count). The highest BCUT2D eigenvalue weighted by molar-refractivity contribution is 5.79. The molecule has 6 heteroatoms. The van der Waals surface area contributed by atoms with E-state index in [9.17, 15) is 0 Å². The zero-order valence-electron chi connectivity index (χ0n) is 18.6. The van der Waals surface area contributed by atoms with Gasteiger partial charge in [0, 0.05) is 37.8 Å². The zero-order valence-corrected chi connectivity index (χ0v) is 18.6. The van der Waals surface area contributed by atoms with Crippen LogP contribution in [0.4, 0.5) is 0 Å². The van der Waals surface area contributed by atoms with Gasteiger partial charge in [0.15, 0.2) is 5.96 Å². The molecule has 29 heavy (non-hydrogen) atoms. The lowest BCUT2D eigenvalue weighted by Crippen LogP contribution is -2.38. The first kappa shape index (κ1) is 23.5. The molecule has 1 heterocycles. The summed E-state index contributed by atoms with van der Waals surface area (Å²) in [5, 5.41) is 6.71. The summed E-state index contributed by atoms with van der Waals surface area (Å²) in [7, 11) is 0. The monoisotopic (exact) mass is 405 g/mol. The fourth-order valence-corrected chi connectivity index (χ4v) is 3.05. The molecule has 0 bridgehead atoms. The normalized spacial score (nSPS) is 17.9. The van der Waals surface area contributed by atoms with Crippen molar-refractivity contribution in [3.63, 3.8) is 0 Å². The standard InChI is InChI=1S/C23H39N3O3/c1-5-19(4)29-22-14-18(3)8-9-21(22)15-26-23(24-6-2)25-11-7-12-27-16-20-10-13-28-17-20/h8-9,14,19-20H,5-7,10-13,15-17H2,1-4H3,(H2,24,25,26). The Morgan fingerprint density at radius 2 is 2.17 bits per heavy atom. The maximum Gasteiger partial charge on any atom is 0.191 e. The number of rotatable bonds is 12. The van der Waals surface area contributed by atoms with Crippen molar-refractivity contribution in [2.75, 3.05) is 39.5 Å². The van der Waals surface area contributed by atoms with Crippen molar-refractivity contribution in [1.29, 1.82) is 0 Å². The van der Waals surface area contributed by atoms with Crippen LogP contribution in [0.15, 0.2) is 23.2 Å². The molecule has 0 amide bonds. The number of nitrogens with zero attached hydrogens (tertiary/aromatic N) is 1. The minimum atomic E-state index is 0.196. The van der Waals surface area contributed by atoms with E-state index < -0.39 is 0 Å². The van der Waals surface area contributed by atoms with E-state index in [1.165, 1.54) is 5.56 Å². The molecular weight excluding hydrogens is 366 g/mol. The molecule has 1 aliphatic heterocycles. The Bertz CT molecular complexity index is 615. The zero-order chi connectivity index (χ0) is 20.9. The Labute approximate surface area is 176 Å². The number of ether oxygens (including phenoxy) is 3. The van der Waals surface area contributed by atoms with Gasteiger partial charge in [0.25, 0.3) is 0 Å². The van der Waals surface area contributed by atoms with E-state index in [1.807, 2.05) is 0 Å². The minimum Gasteiger partial charge on any atom is -0.490 e. The van der Waals surface area contributed by atoms with Crippen LogP contribution >= 0.6 is 0 Å². The Kier molecular flexibility index (Phi) is 10.9. The van der Waals surface area contributed by atoms with Crippen LogP contribution in [0.25, 0.3) is 0 Å². The molecule has 164 valence electrons. The quantitative estimate of drug-likeness (QED) is 0.316. The highest BCUT2D eigenvalue weighted by Gasteiger charge is 2.15. The first-order valence-electron chi connectivity index (χ1n) is 11.1. The first-order valence-corrected chi connectivity index (χ1v) is 11.1. The number of guanidine groups is 1. The van der Waals surface area contributed by atoms with Crippen molar-refractivity contribution in [2.45, 2.75) is 59.6 Å². The van der Waals surface area contributed by atoms with Gasteiger partial charge in [0.2, 0.25) is 0 Å². The van der Waals surface area contributed by atoms with Gasteiger partial charge >= 0.3 is 0 Å². The molecule has 0 saturated carbocycles. The van der Waals surface area contributed by atoms with E-state index in [0.717, 1.165) is 76.1 Å². The van der Waals surface area contributed by atoms with Crippen LogP contribution in [0.5, 0.6) is 5.75 Å². The molecule has 1 aromatic carbocycles. The molecule has 2 atom stereocenters. The molecule has 1 aliphatic rings. The van der Waals surface area contributed by atoms with E-state index in [-0.39, 0.29) is 6.10 Å². The number of aliphatic imine (C=N–C) groups is 1. The van der Waals surface area contributed by atoms with Gasteiger partial charge in [-0.25, -0.2) is 4.99 Å². The average molecular weight is 406 g/mol. The van der Waals surface area contributed by atoms with Crippen molar-refractivity contribution in [1.82, 2.24) is 10.6 Å². The summed E-state index contributed by atoms with van der Waals surface area (Å²) in [5.41, 5.74) is 2.31. The number of benzene rings is 1. The van der Waals surface area contributed by atoms with Crippen molar-refractivity contribution >= 4 is 5.96 Å². The maximum absolute atomic E-state index is 6.10. The van der Waals surface area contributed by atoms with Crippen molar-refractivity contribution < 1.29 is 14.2 Å². The molecule has 0 aromatic heterocycles. The van der Waals surface area contributed by atoms with Crippen molar-refractivity contribution in [3.05, 3.63) is 29.3 Å². The lowest BCUT2D eigenvalue weighted by molar-refractivity contribution is 0.0888. The summed E-state index contributed by atoms with van der Waals surface area (Å²) in [6.07, 6.45) is 3.25. The molecule has 1 fully saturated rings. The summed E-state index contributed by atoms with van der Waals surface area (Å²) in [6, 6.07) is 6.33. The lowest BCUT2D eigenvalue weighted by atomic mass is 10.1. The number of aryl methyl sites for hydroxylation is 1. The van der Waals surface area contributed by atoms with Crippen LogP contribution in [-0.4, -0.2) is 51.6 Å².